The van der Waals surface area contributed by atoms with Crippen LogP contribution in [-0.2, 0) is 11.2 Å². The molecule has 2 aromatic rings. The monoisotopic (exact) mass is 307 g/mol. The van der Waals surface area contributed by atoms with Crippen LogP contribution in [0.5, 0.6) is 5.75 Å². The summed E-state index contributed by atoms with van der Waals surface area (Å²) < 4.78 is 0. The molecule has 5 heteroatoms. The van der Waals surface area contributed by atoms with Gasteiger partial charge in [-0.15, -0.1) is 0 Å². The molecule has 0 bridgehead atoms. The molecule has 0 aliphatic rings. The van der Waals surface area contributed by atoms with Crippen molar-refractivity contribution in [2.75, 3.05) is 11.9 Å². The average Bonchev–Trinajstić information content (AvgIpc) is 2.58. The number of hydrogen-bond acceptors (Lipinski definition) is 4. The Morgan fingerprint density at radius 2 is 1.83 bits per heavy atom. The van der Waals surface area contributed by atoms with Crippen LogP contribution in [-0.4, -0.2) is 17.6 Å². The van der Waals surface area contributed by atoms with Gasteiger partial charge < -0.3 is 15.7 Å². The minimum atomic E-state index is -0.452. The molecule has 0 aliphatic heterocycles. The Balaban J connectivity index is 1.90. The topological polar surface area (TPSA) is 85.2 Å². The number of phenols is 1. The number of phenolic OH excluding ortho intramolecular Hbond substituents is 1. The first-order chi connectivity index (χ1) is 11.2. The maximum Gasteiger partial charge on any atom is 0.263 e. The van der Waals surface area contributed by atoms with Gasteiger partial charge in [-0.05, 0) is 24.1 Å². The van der Waals surface area contributed by atoms with Gasteiger partial charge in [0.2, 0.25) is 0 Å². The summed E-state index contributed by atoms with van der Waals surface area (Å²) in [5, 5.41) is 24.2. The predicted octanol–water partition coefficient (Wildman–Crippen LogP) is 2.57. The lowest BCUT2D eigenvalue weighted by molar-refractivity contribution is -0.117. The third-order valence-electron chi connectivity index (χ3n) is 3.18. The summed E-state index contributed by atoms with van der Waals surface area (Å²) in [6.45, 7) is 0.443. The van der Waals surface area contributed by atoms with E-state index >= 15 is 0 Å². The summed E-state index contributed by atoms with van der Waals surface area (Å²) in [7, 11) is 0. The molecule has 0 saturated carbocycles. The van der Waals surface area contributed by atoms with Gasteiger partial charge in [-0.3, -0.25) is 4.79 Å². The maximum atomic E-state index is 12.0. The number of nitrogens with one attached hydrogen (secondary N) is 2. The number of nitrogens with zero attached hydrogens (tertiary/aromatic N) is 1. The highest BCUT2D eigenvalue weighted by molar-refractivity contribution is 5.97. The third-order valence-corrected chi connectivity index (χ3v) is 3.18. The highest BCUT2D eigenvalue weighted by atomic mass is 16.3. The van der Waals surface area contributed by atoms with Gasteiger partial charge in [0.05, 0.1) is 5.69 Å². The van der Waals surface area contributed by atoms with Gasteiger partial charge in [0.25, 0.3) is 5.91 Å². The Kier molecular flexibility index (Phi) is 5.78. The smallest absolute Gasteiger partial charge is 0.263 e. The number of para-hydroxylation sites is 2. The Morgan fingerprint density at radius 3 is 2.52 bits per heavy atom. The molecule has 5 nitrogen and oxygen atoms in total. The molecule has 116 valence electrons. The van der Waals surface area contributed by atoms with Crippen molar-refractivity contribution in [2.45, 2.75) is 6.42 Å². The van der Waals surface area contributed by atoms with E-state index in [0.29, 0.717) is 18.7 Å². The van der Waals surface area contributed by atoms with Crippen molar-refractivity contribution in [2.24, 2.45) is 0 Å². The molecule has 0 fully saturated rings. The maximum absolute atomic E-state index is 12.0. The molecule has 0 unspecified atom stereocenters. The van der Waals surface area contributed by atoms with Gasteiger partial charge in [0.1, 0.15) is 17.4 Å². The van der Waals surface area contributed by atoms with Crippen molar-refractivity contribution in [3.8, 4) is 11.8 Å². The normalized spacial score (nSPS) is 10.7. The number of anilines is 1. The quantitative estimate of drug-likeness (QED) is 0.435. The fourth-order valence-electron chi connectivity index (χ4n) is 1.95. The minimum absolute atomic E-state index is 0.0468. The van der Waals surface area contributed by atoms with E-state index in [4.69, 9.17) is 5.26 Å². The Bertz CT molecular complexity index is 733. The van der Waals surface area contributed by atoms with Crippen LogP contribution in [0.1, 0.15) is 5.56 Å². The van der Waals surface area contributed by atoms with Gasteiger partial charge >= 0.3 is 0 Å². The molecular formula is C18H17N3O2. The molecule has 23 heavy (non-hydrogen) atoms. The molecule has 3 N–H and O–H groups in total. The largest absolute Gasteiger partial charge is 0.506 e. The van der Waals surface area contributed by atoms with Crippen molar-refractivity contribution >= 4 is 11.6 Å². The summed E-state index contributed by atoms with van der Waals surface area (Å²) in [5.74, 6) is -0.406. The number of rotatable bonds is 6. The average molecular weight is 307 g/mol. The van der Waals surface area contributed by atoms with E-state index in [9.17, 15) is 9.90 Å². The van der Waals surface area contributed by atoms with Crippen molar-refractivity contribution < 1.29 is 9.90 Å². The van der Waals surface area contributed by atoms with Gasteiger partial charge in [0.15, 0.2) is 0 Å². The number of nitriles is 1. The minimum Gasteiger partial charge on any atom is -0.506 e. The number of amides is 1. The van der Waals surface area contributed by atoms with Gasteiger partial charge in [-0.2, -0.15) is 5.26 Å². The molecule has 1 amide bonds. The van der Waals surface area contributed by atoms with Crippen molar-refractivity contribution in [1.82, 2.24) is 5.32 Å². The van der Waals surface area contributed by atoms with Crippen LogP contribution in [0.25, 0.3) is 0 Å². The van der Waals surface area contributed by atoms with E-state index in [-0.39, 0.29) is 11.3 Å². The van der Waals surface area contributed by atoms with E-state index in [1.54, 1.807) is 18.2 Å². The van der Waals surface area contributed by atoms with E-state index in [2.05, 4.69) is 10.6 Å². The zero-order valence-corrected chi connectivity index (χ0v) is 12.5. The molecule has 0 aromatic heterocycles. The fourth-order valence-corrected chi connectivity index (χ4v) is 1.95. The molecule has 2 aromatic carbocycles. The summed E-state index contributed by atoms with van der Waals surface area (Å²) in [6.07, 6.45) is 1.98. The molecule has 0 saturated heterocycles. The van der Waals surface area contributed by atoms with E-state index in [1.807, 2.05) is 36.4 Å². The first-order valence-corrected chi connectivity index (χ1v) is 7.17. The molecule has 0 heterocycles. The number of hydrogen-bond donors (Lipinski definition) is 3. The van der Waals surface area contributed by atoms with Crippen molar-refractivity contribution in [3.63, 3.8) is 0 Å². The Labute approximate surface area is 134 Å². The van der Waals surface area contributed by atoms with Crippen LogP contribution in [0.3, 0.4) is 0 Å². The highest BCUT2D eigenvalue weighted by Gasteiger charge is 2.08. The van der Waals surface area contributed by atoms with E-state index in [1.165, 1.54) is 12.3 Å². The second kappa shape index (κ2) is 8.25. The number of carbonyl (C=O) groups excluding carboxylic acids is 1. The van der Waals surface area contributed by atoms with Crippen molar-refractivity contribution in [3.05, 3.63) is 71.9 Å². The molecule has 0 aliphatic carbocycles. The van der Waals surface area contributed by atoms with E-state index < -0.39 is 5.91 Å². The first kappa shape index (κ1) is 16.1. The number of carbonyl (C=O) groups is 1. The number of benzene rings is 2. The fraction of sp³-hybridized carbons (Fsp3) is 0.111. The molecule has 2 rings (SSSR count). The van der Waals surface area contributed by atoms with Crippen LogP contribution < -0.4 is 10.6 Å². The lowest BCUT2D eigenvalue weighted by atomic mass is 10.1. The van der Waals surface area contributed by atoms with E-state index in [0.717, 1.165) is 5.56 Å². The predicted molar refractivity (Wildman–Crippen MR) is 88.6 cm³/mol. The Morgan fingerprint density at radius 1 is 1.13 bits per heavy atom. The SMILES string of the molecule is N#C/C(=C/Nc1ccccc1O)C(=O)NCCc1ccccc1. The summed E-state index contributed by atoms with van der Waals surface area (Å²) >= 11 is 0. The first-order valence-electron chi connectivity index (χ1n) is 7.17. The third kappa shape index (κ3) is 4.90. The van der Waals surface area contributed by atoms with Crippen LogP contribution >= 0.6 is 0 Å². The molecular weight excluding hydrogens is 290 g/mol. The van der Waals surface area contributed by atoms with Gasteiger partial charge in [0, 0.05) is 12.7 Å². The van der Waals surface area contributed by atoms with Crippen LogP contribution in [0, 0.1) is 11.3 Å². The van der Waals surface area contributed by atoms with Crippen molar-refractivity contribution in [1.29, 1.82) is 5.26 Å². The number of aromatic hydroxyl groups is 1. The lowest BCUT2D eigenvalue weighted by Gasteiger charge is -2.06. The van der Waals surface area contributed by atoms with Crippen LogP contribution in [0.4, 0.5) is 5.69 Å². The highest BCUT2D eigenvalue weighted by Crippen LogP contribution is 2.21. The zero-order valence-electron chi connectivity index (χ0n) is 12.5. The lowest BCUT2D eigenvalue weighted by Crippen LogP contribution is -2.27. The zero-order chi connectivity index (χ0) is 16.5. The molecule has 0 spiro atoms. The second-order valence-corrected chi connectivity index (χ2v) is 4.82. The van der Waals surface area contributed by atoms with Crippen LogP contribution in [0.15, 0.2) is 66.4 Å². The summed E-state index contributed by atoms with van der Waals surface area (Å²) in [5.41, 5.74) is 1.49. The molecule has 0 atom stereocenters. The Hall–Kier alpha value is -3.26. The summed E-state index contributed by atoms with van der Waals surface area (Å²) in [4.78, 5) is 12.0. The standard InChI is InChI=1S/C18H17N3O2/c19-12-15(13-21-16-8-4-5-9-17(16)22)18(23)20-11-10-14-6-2-1-3-7-14/h1-9,13,21-22H,10-11H2,(H,20,23)/b15-13-. The summed E-state index contributed by atoms with van der Waals surface area (Å²) in [6, 6.07) is 18.2. The second-order valence-electron chi connectivity index (χ2n) is 4.82. The van der Waals surface area contributed by atoms with Gasteiger partial charge in [-0.25, -0.2) is 0 Å². The van der Waals surface area contributed by atoms with Gasteiger partial charge in [-0.1, -0.05) is 42.5 Å². The van der Waals surface area contributed by atoms with Crippen LogP contribution in [0.2, 0.25) is 0 Å². The molecule has 0 radical (unpaired) electrons.